The van der Waals surface area contributed by atoms with Gasteiger partial charge in [0.15, 0.2) is 0 Å². The Balaban J connectivity index is 2.31. The quantitative estimate of drug-likeness (QED) is 0.607. The molecule has 0 N–H and O–H groups in total. The average molecular weight is 170 g/mol. The predicted molar refractivity (Wildman–Crippen MR) is 48.1 cm³/mol. The lowest BCUT2D eigenvalue weighted by atomic mass is 9.96. The monoisotopic (exact) mass is 170 g/mol. The Bertz CT molecular complexity index is 143. The van der Waals surface area contributed by atoms with Gasteiger partial charge in [0, 0.05) is 26.1 Å². The van der Waals surface area contributed by atoms with E-state index >= 15 is 0 Å². The van der Waals surface area contributed by atoms with Crippen LogP contribution in [-0.4, -0.2) is 19.5 Å². The molecule has 0 radical (unpaired) electrons. The van der Waals surface area contributed by atoms with Gasteiger partial charge in [-0.05, 0) is 19.3 Å². The minimum absolute atomic E-state index is 0.299. The van der Waals surface area contributed by atoms with Crippen LogP contribution >= 0.6 is 0 Å². The van der Waals surface area contributed by atoms with E-state index in [1.807, 2.05) is 0 Å². The molecule has 0 aromatic carbocycles. The van der Waals surface area contributed by atoms with Gasteiger partial charge in [-0.3, -0.25) is 4.79 Å². The van der Waals surface area contributed by atoms with Crippen molar-refractivity contribution in [1.29, 1.82) is 0 Å². The Kier molecular flexibility index (Phi) is 4.30. The van der Waals surface area contributed by atoms with Crippen LogP contribution in [0.1, 0.15) is 38.5 Å². The maximum atomic E-state index is 11.5. The Hall–Kier alpha value is -0.370. The Morgan fingerprint density at radius 3 is 3.00 bits per heavy atom. The topological polar surface area (TPSA) is 26.3 Å². The van der Waals surface area contributed by atoms with Gasteiger partial charge in [-0.2, -0.15) is 0 Å². The zero-order valence-corrected chi connectivity index (χ0v) is 7.84. The first kappa shape index (κ1) is 9.72. The van der Waals surface area contributed by atoms with Crippen molar-refractivity contribution in [2.75, 3.05) is 13.7 Å². The summed E-state index contributed by atoms with van der Waals surface area (Å²) in [5, 5.41) is 0. The molecule has 1 rings (SSSR count). The smallest absolute Gasteiger partial charge is 0.136 e. The van der Waals surface area contributed by atoms with Crippen molar-refractivity contribution in [2.45, 2.75) is 38.5 Å². The second kappa shape index (κ2) is 5.31. The van der Waals surface area contributed by atoms with E-state index in [9.17, 15) is 4.79 Å². The van der Waals surface area contributed by atoms with Crippen LogP contribution in [0, 0.1) is 5.92 Å². The van der Waals surface area contributed by atoms with E-state index in [0.717, 1.165) is 32.3 Å². The number of hydrogen-bond acceptors (Lipinski definition) is 2. The zero-order chi connectivity index (χ0) is 8.81. The highest BCUT2D eigenvalue weighted by Gasteiger charge is 2.19. The first-order valence-electron chi connectivity index (χ1n) is 4.86. The molecule has 0 heterocycles. The number of carbonyl (C=O) groups excluding carboxylic acids is 1. The molecule has 0 aromatic heterocycles. The fraction of sp³-hybridized carbons (Fsp3) is 0.900. The van der Waals surface area contributed by atoms with Crippen LogP contribution in [0.4, 0.5) is 0 Å². The maximum absolute atomic E-state index is 11.5. The minimum atomic E-state index is 0.299. The summed E-state index contributed by atoms with van der Waals surface area (Å²) in [6.07, 6.45) is 6.36. The van der Waals surface area contributed by atoms with Crippen LogP contribution in [0.25, 0.3) is 0 Å². The van der Waals surface area contributed by atoms with E-state index in [0.29, 0.717) is 11.7 Å². The number of hydrogen-bond donors (Lipinski definition) is 0. The highest BCUT2D eigenvalue weighted by molar-refractivity contribution is 5.81. The molecule has 1 fully saturated rings. The number of Topliss-reactive ketones (excluding diaryl/α,β-unsaturated/α-hetero) is 1. The molecule has 0 unspecified atom stereocenters. The second-order valence-corrected chi connectivity index (χ2v) is 3.54. The standard InChI is InChI=1S/C10H18O2/c1-12-8-7-9-5-3-2-4-6-10(9)11/h9H,2-8H2,1H3/t9-/m0/s1. The van der Waals surface area contributed by atoms with Crippen molar-refractivity contribution in [2.24, 2.45) is 5.92 Å². The highest BCUT2D eigenvalue weighted by atomic mass is 16.5. The third-order valence-electron chi connectivity index (χ3n) is 2.60. The van der Waals surface area contributed by atoms with Crippen molar-refractivity contribution in [1.82, 2.24) is 0 Å². The number of methoxy groups -OCH3 is 1. The molecular formula is C10H18O2. The summed E-state index contributed by atoms with van der Waals surface area (Å²) in [4.78, 5) is 11.5. The first-order chi connectivity index (χ1) is 5.84. The Morgan fingerprint density at radius 1 is 1.42 bits per heavy atom. The van der Waals surface area contributed by atoms with E-state index in [-0.39, 0.29) is 0 Å². The van der Waals surface area contributed by atoms with Gasteiger partial charge < -0.3 is 4.74 Å². The van der Waals surface area contributed by atoms with Crippen molar-refractivity contribution >= 4 is 5.78 Å². The Morgan fingerprint density at radius 2 is 2.25 bits per heavy atom. The lowest BCUT2D eigenvalue weighted by Gasteiger charge is -2.11. The van der Waals surface area contributed by atoms with Gasteiger partial charge in [-0.1, -0.05) is 12.8 Å². The molecule has 0 spiro atoms. The SMILES string of the molecule is COCC[C@@H]1CCCCCC1=O. The summed E-state index contributed by atoms with van der Waals surface area (Å²) in [5.74, 6) is 0.761. The van der Waals surface area contributed by atoms with Gasteiger partial charge in [0.05, 0.1) is 0 Å². The van der Waals surface area contributed by atoms with Crippen LogP contribution in [0.15, 0.2) is 0 Å². The maximum Gasteiger partial charge on any atom is 0.136 e. The summed E-state index contributed by atoms with van der Waals surface area (Å²) in [7, 11) is 1.70. The van der Waals surface area contributed by atoms with Crippen molar-refractivity contribution in [3.05, 3.63) is 0 Å². The fourth-order valence-corrected chi connectivity index (χ4v) is 1.80. The summed E-state index contributed by atoms with van der Waals surface area (Å²) in [6, 6.07) is 0. The Labute approximate surface area is 74.3 Å². The van der Waals surface area contributed by atoms with Crippen LogP contribution in [-0.2, 0) is 9.53 Å². The van der Waals surface area contributed by atoms with Crippen LogP contribution in [0.2, 0.25) is 0 Å². The van der Waals surface area contributed by atoms with E-state index in [4.69, 9.17) is 4.74 Å². The zero-order valence-electron chi connectivity index (χ0n) is 7.84. The van der Waals surface area contributed by atoms with Gasteiger partial charge >= 0.3 is 0 Å². The number of rotatable bonds is 3. The lowest BCUT2D eigenvalue weighted by molar-refractivity contribution is -0.123. The third-order valence-corrected chi connectivity index (χ3v) is 2.60. The molecule has 0 aromatic rings. The van der Waals surface area contributed by atoms with Gasteiger partial charge in [0.2, 0.25) is 0 Å². The number of ether oxygens (including phenoxy) is 1. The summed E-state index contributed by atoms with van der Waals surface area (Å²) in [5.41, 5.74) is 0. The van der Waals surface area contributed by atoms with Crippen LogP contribution in [0.5, 0.6) is 0 Å². The van der Waals surface area contributed by atoms with Gasteiger partial charge in [0.1, 0.15) is 5.78 Å². The molecule has 1 atom stereocenters. The summed E-state index contributed by atoms with van der Waals surface area (Å²) < 4.78 is 4.98. The van der Waals surface area contributed by atoms with Crippen LogP contribution < -0.4 is 0 Å². The molecule has 70 valence electrons. The largest absolute Gasteiger partial charge is 0.385 e. The molecular weight excluding hydrogens is 152 g/mol. The molecule has 0 aliphatic heterocycles. The molecule has 12 heavy (non-hydrogen) atoms. The van der Waals surface area contributed by atoms with Gasteiger partial charge in [-0.25, -0.2) is 0 Å². The van der Waals surface area contributed by atoms with E-state index in [1.165, 1.54) is 12.8 Å². The van der Waals surface area contributed by atoms with Gasteiger partial charge in [-0.15, -0.1) is 0 Å². The lowest BCUT2D eigenvalue weighted by Crippen LogP contribution is -2.14. The minimum Gasteiger partial charge on any atom is -0.385 e. The molecule has 0 saturated heterocycles. The van der Waals surface area contributed by atoms with E-state index in [2.05, 4.69) is 0 Å². The number of carbonyl (C=O) groups is 1. The van der Waals surface area contributed by atoms with Crippen LogP contribution in [0.3, 0.4) is 0 Å². The van der Waals surface area contributed by atoms with E-state index in [1.54, 1.807) is 7.11 Å². The van der Waals surface area contributed by atoms with Crippen molar-refractivity contribution < 1.29 is 9.53 Å². The van der Waals surface area contributed by atoms with Gasteiger partial charge in [0.25, 0.3) is 0 Å². The molecule has 1 aliphatic rings. The highest BCUT2D eigenvalue weighted by Crippen LogP contribution is 2.22. The van der Waals surface area contributed by atoms with E-state index < -0.39 is 0 Å². The number of ketones is 1. The molecule has 2 nitrogen and oxygen atoms in total. The molecule has 2 heteroatoms. The van der Waals surface area contributed by atoms with Crippen molar-refractivity contribution in [3.8, 4) is 0 Å². The summed E-state index contributed by atoms with van der Waals surface area (Å²) in [6.45, 7) is 0.733. The summed E-state index contributed by atoms with van der Waals surface area (Å²) >= 11 is 0. The second-order valence-electron chi connectivity index (χ2n) is 3.54. The molecule has 1 aliphatic carbocycles. The average Bonchev–Trinajstić information content (AvgIpc) is 2.27. The predicted octanol–water partition coefficient (Wildman–Crippen LogP) is 2.17. The fourth-order valence-electron chi connectivity index (χ4n) is 1.80. The molecule has 1 saturated carbocycles. The normalized spacial score (nSPS) is 25.4. The molecule has 0 bridgehead atoms. The van der Waals surface area contributed by atoms with Crippen molar-refractivity contribution in [3.63, 3.8) is 0 Å². The third kappa shape index (κ3) is 2.94. The molecule has 0 amide bonds. The first-order valence-corrected chi connectivity index (χ1v) is 4.86.